The van der Waals surface area contributed by atoms with Gasteiger partial charge in [0.25, 0.3) is 0 Å². The van der Waals surface area contributed by atoms with Crippen molar-refractivity contribution < 1.29 is 14.6 Å². The maximum Gasteiger partial charge on any atom is 0.309 e. The molecule has 0 amide bonds. The largest absolute Gasteiger partial charge is 0.492 e. The predicted molar refractivity (Wildman–Crippen MR) is 80.9 cm³/mol. The zero-order valence-corrected chi connectivity index (χ0v) is 12.7. The Morgan fingerprint density at radius 3 is 3.00 bits per heavy atom. The van der Waals surface area contributed by atoms with Crippen molar-refractivity contribution in [3.05, 3.63) is 40.9 Å². The number of thiazole rings is 1. The van der Waals surface area contributed by atoms with E-state index in [2.05, 4.69) is 4.98 Å². The van der Waals surface area contributed by atoms with Gasteiger partial charge in [-0.05, 0) is 18.6 Å². The molecule has 0 atom stereocenters. The number of ether oxygens (including phenoxy) is 1. The van der Waals surface area contributed by atoms with Crippen LogP contribution >= 0.6 is 23.1 Å². The minimum atomic E-state index is -0.852. The molecule has 0 aliphatic carbocycles. The number of aryl methyl sites for hydroxylation is 1. The van der Waals surface area contributed by atoms with Gasteiger partial charge in [-0.25, -0.2) is 4.98 Å². The molecule has 2 rings (SSSR count). The lowest BCUT2D eigenvalue weighted by molar-refractivity contribution is -0.136. The molecule has 0 fully saturated rings. The quantitative estimate of drug-likeness (QED) is 0.628. The van der Waals surface area contributed by atoms with Crippen molar-refractivity contribution in [2.24, 2.45) is 0 Å². The Morgan fingerprint density at radius 1 is 1.45 bits per heavy atom. The monoisotopic (exact) mass is 309 g/mol. The predicted octanol–water partition coefficient (Wildman–Crippen LogP) is 3.25. The summed E-state index contributed by atoms with van der Waals surface area (Å²) in [6.07, 6.45) is -0.0171. The standard InChI is InChI=1S/C14H15NO3S2/c1-10-4-2-3-5-12(10)18-6-7-19-14-15-11(9-20-14)8-13(16)17/h2-5,9H,6-8H2,1H3,(H,16,17). The van der Waals surface area contributed by atoms with Gasteiger partial charge >= 0.3 is 5.97 Å². The first-order valence-corrected chi connectivity index (χ1v) is 7.99. The van der Waals surface area contributed by atoms with Gasteiger partial charge in [0.05, 0.1) is 18.7 Å². The molecule has 1 aromatic carbocycles. The number of aliphatic carboxylic acids is 1. The van der Waals surface area contributed by atoms with Crippen LogP contribution in [0.15, 0.2) is 34.0 Å². The van der Waals surface area contributed by atoms with E-state index in [9.17, 15) is 4.79 Å². The fourth-order valence-electron chi connectivity index (χ4n) is 1.59. The first kappa shape index (κ1) is 14.9. The number of rotatable bonds is 7. The molecule has 6 heteroatoms. The van der Waals surface area contributed by atoms with Gasteiger partial charge in [-0.3, -0.25) is 4.79 Å². The number of aromatic nitrogens is 1. The SMILES string of the molecule is Cc1ccccc1OCCSc1nc(CC(=O)O)cs1. The van der Waals surface area contributed by atoms with Crippen molar-refractivity contribution in [1.29, 1.82) is 0 Å². The average Bonchev–Trinajstić information content (AvgIpc) is 2.83. The summed E-state index contributed by atoms with van der Waals surface area (Å²) in [5.74, 6) is 0.836. The second kappa shape index (κ2) is 7.31. The molecule has 0 spiro atoms. The molecule has 0 aliphatic rings. The molecule has 0 saturated carbocycles. The van der Waals surface area contributed by atoms with Crippen LogP contribution < -0.4 is 4.74 Å². The molecule has 20 heavy (non-hydrogen) atoms. The zero-order chi connectivity index (χ0) is 14.4. The van der Waals surface area contributed by atoms with Crippen LogP contribution in [0.5, 0.6) is 5.75 Å². The number of carboxylic acids is 1. The van der Waals surface area contributed by atoms with Gasteiger partial charge < -0.3 is 9.84 Å². The van der Waals surface area contributed by atoms with E-state index in [-0.39, 0.29) is 6.42 Å². The summed E-state index contributed by atoms with van der Waals surface area (Å²) in [5, 5.41) is 10.5. The minimum Gasteiger partial charge on any atom is -0.492 e. The van der Waals surface area contributed by atoms with Crippen LogP contribution in [0.3, 0.4) is 0 Å². The lowest BCUT2D eigenvalue weighted by Crippen LogP contribution is -2.01. The van der Waals surface area contributed by atoms with Crippen LogP contribution in [0.1, 0.15) is 11.3 Å². The molecule has 2 aromatic rings. The minimum absolute atomic E-state index is 0.0171. The lowest BCUT2D eigenvalue weighted by atomic mass is 10.2. The van der Waals surface area contributed by atoms with Gasteiger partial charge in [-0.1, -0.05) is 30.0 Å². The fourth-order valence-corrected chi connectivity index (χ4v) is 3.32. The molecule has 0 saturated heterocycles. The summed E-state index contributed by atoms with van der Waals surface area (Å²) in [4.78, 5) is 14.8. The van der Waals surface area contributed by atoms with Crippen molar-refractivity contribution >= 4 is 29.1 Å². The Balaban J connectivity index is 1.75. The summed E-state index contributed by atoms with van der Waals surface area (Å²) in [6, 6.07) is 7.90. The number of thioether (sulfide) groups is 1. The van der Waals surface area contributed by atoms with Crippen LogP contribution in [0.25, 0.3) is 0 Å². The summed E-state index contributed by atoms with van der Waals surface area (Å²) in [7, 11) is 0. The maximum atomic E-state index is 10.6. The second-order valence-electron chi connectivity index (χ2n) is 4.14. The van der Waals surface area contributed by atoms with Crippen molar-refractivity contribution in [3.8, 4) is 5.75 Å². The molecule has 1 heterocycles. The number of carbonyl (C=O) groups is 1. The molecule has 106 valence electrons. The average molecular weight is 309 g/mol. The van der Waals surface area contributed by atoms with E-state index in [0.717, 1.165) is 21.4 Å². The Labute approximate surface area is 125 Å². The summed E-state index contributed by atoms with van der Waals surface area (Å²) in [5.41, 5.74) is 1.74. The van der Waals surface area contributed by atoms with Crippen LogP contribution in [-0.2, 0) is 11.2 Å². The van der Waals surface area contributed by atoms with Crippen molar-refractivity contribution in [2.75, 3.05) is 12.4 Å². The van der Waals surface area contributed by atoms with E-state index >= 15 is 0 Å². The smallest absolute Gasteiger partial charge is 0.309 e. The van der Waals surface area contributed by atoms with E-state index in [1.807, 2.05) is 31.2 Å². The van der Waals surface area contributed by atoms with Gasteiger partial charge in [-0.15, -0.1) is 11.3 Å². The van der Waals surface area contributed by atoms with Crippen LogP contribution in [0.2, 0.25) is 0 Å². The Bertz CT molecular complexity index is 583. The van der Waals surface area contributed by atoms with E-state index < -0.39 is 5.97 Å². The maximum absolute atomic E-state index is 10.6. The lowest BCUT2D eigenvalue weighted by Gasteiger charge is -2.07. The third kappa shape index (κ3) is 4.54. The highest BCUT2D eigenvalue weighted by molar-refractivity contribution is 8.01. The second-order valence-corrected chi connectivity index (χ2v) is 6.34. The highest BCUT2D eigenvalue weighted by atomic mass is 32.2. The van der Waals surface area contributed by atoms with E-state index in [4.69, 9.17) is 9.84 Å². The topological polar surface area (TPSA) is 59.4 Å². The number of hydrogen-bond donors (Lipinski definition) is 1. The van der Waals surface area contributed by atoms with Gasteiger partial charge in [0.1, 0.15) is 10.1 Å². The summed E-state index contributed by atoms with van der Waals surface area (Å²) >= 11 is 3.06. The Kier molecular flexibility index (Phi) is 5.43. The van der Waals surface area contributed by atoms with Crippen LogP contribution in [-0.4, -0.2) is 28.4 Å². The number of hydrogen-bond acceptors (Lipinski definition) is 5. The molecular weight excluding hydrogens is 294 g/mol. The molecule has 1 aromatic heterocycles. The molecule has 4 nitrogen and oxygen atoms in total. The fraction of sp³-hybridized carbons (Fsp3) is 0.286. The Hall–Kier alpha value is -1.53. The van der Waals surface area contributed by atoms with Gasteiger partial charge in [0, 0.05) is 11.1 Å². The third-order valence-corrected chi connectivity index (χ3v) is 4.56. The van der Waals surface area contributed by atoms with Gasteiger partial charge in [-0.2, -0.15) is 0 Å². The van der Waals surface area contributed by atoms with Crippen molar-refractivity contribution in [3.63, 3.8) is 0 Å². The molecule has 1 N–H and O–H groups in total. The summed E-state index contributed by atoms with van der Waals surface area (Å²) in [6.45, 7) is 2.62. The first-order chi connectivity index (χ1) is 9.65. The van der Waals surface area contributed by atoms with Gasteiger partial charge in [0.2, 0.25) is 0 Å². The van der Waals surface area contributed by atoms with Gasteiger partial charge in [0.15, 0.2) is 0 Å². The highest BCUT2D eigenvalue weighted by Gasteiger charge is 2.06. The van der Waals surface area contributed by atoms with E-state index in [1.165, 1.54) is 11.3 Å². The molecular formula is C14H15NO3S2. The van der Waals surface area contributed by atoms with E-state index in [1.54, 1.807) is 17.1 Å². The number of benzene rings is 1. The molecule has 0 aliphatic heterocycles. The van der Waals surface area contributed by atoms with Crippen molar-refractivity contribution in [1.82, 2.24) is 4.98 Å². The number of nitrogens with zero attached hydrogens (tertiary/aromatic N) is 1. The van der Waals surface area contributed by atoms with Crippen LogP contribution in [0.4, 0.5) is 0 Å². The number of para-hydroxylation sites is 1. The normalized spacial score (nSPS) is 10.4. The molecule has 0 bridgehead atoms. The first-order valence-electron chi connectivity index (χ1n) is 6.12. The molecule has 0 radical (unpaired) electrons. The molecule has 0 unspecified atom stereocenters. The van der Waals surface area contributed by atoms with E-state index in [0.29, 0.717) is 12.3 Å². The number of carboxylic acid groups (broad SMARTS) is 1. The highest BCUT2D eigenvalue weighted by Crippen LogP contribution is 2.23. The summed E-state index contributed by atoms with van der Waals surface area (Å²) < 4.78 is 6.58. The zero-order valence-electron chi connectivity index (χ0n) is 11.0. The van der Waals surface area contributed by atoms with Crippen LogP contribution in [0, 0.1) is 6.92 Å². The van der Waals surface area contributed by atoms with Crippen molar-refractivity contribution in [2.45, 2.75) is 17.7 Å². The third-order valence-electron chi connectivity index (χ3n) is 2.52. The Morgan fingerprint density at radius 2 is 2.25 bits per heavy atom.